The van der Waals surface area contributed by atoms with Crippen LogP contribution < -0.4 is 0 Å². The summed E-state index contributed by atoms with van der Waals surface area (Å²) in [5.41, 5.74) is 0. The Labute approximate surface area is 53.3 Å². The molecule has 0 rings (SSSR count). The molecule has 0 heterocycles. The van der Waals surface area contributed by atoms with Gasteiger partial charge >= 0.3 is 0 Å². The van der Waals surface area contributed by atoms with Gasteiger partial charge in [0.25, 0.3) is 0 Å². The van der Waals surface area contributed by atoms with Gasteiger partial charge in [0.05, 0.1) is 6.42 Å². The first-order chi connectivity index (χ1) is 4.20. The van der Waals surface area contributed by atoms with E-state index < -0.39 is 11.6 Å². The van der Waals surface area contributed by atoms with Gasteiger partial charge < -0.3 is 0 Å². The van der Waals surface area contributed by atoms with Crippen LogP contribution in [0.5, 0.6) is 0 Å². The van der Waals surface area contributed by atoms with Gasteiger partial charge in [-0.3, -0.25) is 9.59 Å². The molecule has 0 saturated heterocycles. The summed E-state index contributed by atoms with van der Waals surface area (Å²) >= 11 is 0. The first-order valence-corrected chi connectivity index (χ1v) is 2.19. The number of carbonyl (C=O) groups is 2. The molecule has 0 amide bonds. The van der Waals surface area contributed by atoms with E-state index in [-0.39, 0.29) is 6.42 Å². The van der Waals surface area contributed by atoms with Crippen molar-refractivity contribution in [1.29, 1.82) is 0 Å². The summed E-state index contributed by atoms with van der Waals surface area (Å²) < 4.78 is 0. The minimum absolute atomic E-state index is 0.340. The molecule has 0 aliphatic carbocycles. The van der Waals surface area contributed by atoms with Crippen LogP contribution in [0.15, 0.2) is 0 Å². The fourth-order valence-electron chi connectivity index (χ4n) is 0.248. The van der Waals surface area contributed by atoms with Crippen molar-refractivity contribution in [2.24, 2.45) is 0 Å². The highest BCUT2D eigenvalue weighted by Crippen LogP contribution is 1.81. The maximum Gasteiger partial charge on any atom is 0.213 e. The van der Waals surface area contributed by atoms with Crippen LogP contribution in [-0.4, -0.2) is 11.6 Å². The summed E-state index contributed by atoms with van der Waals surface area (Å²) in [7, 11) is 0. The van der Waals surface area contributed by atoms with Crippen molar-refractivity contribution >= 4 is 11.6 Å². The van der Waals surface area contributed by atoms with Crippen molar-refractivity contribution in [3.05, 3.63) is 0 Å². The maximum absolute atomic E-state index is 10.2. The number of ketones is 2. The fraction of sp³-hybridized carbons (Fsp3) is 0.143. The van der Waals surface area contributed by atoms with Crippen LogP contribution in [0, 0.1) is 24.7 Å². The smallest absolute Gasteiger partial charge is 0.213 e. The number of hydrogen-bond donors (Lipinski definition) is 0. The molecule has 0 saturated carbocycles. The Morgan fingerprint density at radius 1 is 1.11 bits per heavy atom. The van der Waals surface area contributed by atoms with Crippen molar-refractivity contribution in [3.8, 4) is 24.7 Å². The molecule has 0 N–H and O–H groups in total. The lowest BCUT2D eigenvalue weighted by atomic mass is 10.2. The third-order valence-electron chi connectivity index (χ3n) is 0.643. The standard InChI is InChI=1S/C7H4O2/c1-3-6(8)5-7(9)4-2/h1-2H,5H2. The number of rotatable bonds is 2. The van der Waals surface area contributed by atoms with Gasteiger partial charge in [-0.2, -0.15) is 0 Å². The second-order valence-electron chi connectivity index (χ2n) is 1.31. The van der Waals surface area contributed by atoms with Crippen LogP contribution in [0.4, 0.5) is 0 Å². The minimum Gasteiger partial charge on any atom is -0.284 e. The normalized spacial score (nSPS) is 6.89. The largest absolute Gasteiger partial charge is 0.284 e. The Morgan fingerprint density at radius 3 is 1.67 bits per heavy atom. The molecule has 0 aliphatic heterocycles. The quantitative estimate of drug-likeness (QED) is 0.287. The first-order valence-electron chi connectivity index (χ1n) is 2.19. The molecule has 0 aromatic rings. The lowest BCUT2D eigenvalue weighted by molar-refractivity contribution is -0.121. The molecule has 0 spiro atoms. The molecule has 0 bridgehead atoms. The van der Waals surface area contributed by atoms with Crippen molar-refractivity contribution < 1.29 is 9.59 Å². The van der Waals surface area contributed by atoms with E-state index in [4.69, 9.17) is 0 Å². The molecular formula is C7H4O2. The molecule has 0 unspecified atom stereocenters. The van der Waals surface area contributed by atoms with Crippen LogP contribution in [0.25, 0.3) is 0 Å². The Kier molecular flexibility index (Phi) is 2.87. The highest BCUT2D eigenvalue weighted by molar-refractivity contribution is 6.12. The van der Waals surface area contributed by atoms with Crippen molar-refractivity contribution in [2.75, 3.05) is 0 Å². The van der Waals surface area contributed by atoms with Crippen molar-refractivity contribution in [3.63, 3.8) is 0 Å². The lowest BCUT2D eigenvalue weighted by Gasteiger charge is -1.80. The van der Waals surface area contributed by atoms with Crippen molar-refractivity contribution in [1.82, 2.24) is 0 Å². The third kappa shape index (κ3) is 3.08. The number of carbonyl (C=O) groups excluding carboxylic acids is 2. The van der Waals surface area contributed by atoms with E-state index in [0.717, 1.165) is 0 Å². The molecule has 2 nitrogen and oxygen atoms in total. The average molecular weight is 120 g/mol. The monoisotopic (exact) mass is 120 g/mol. The molecule has 2 heteroatoms. The van der Waals surface area contributed by atoms with Crippen LogP contribution >= 0.6 is 0 Å². The summed E-state index contributed by atoms with van der Waals surface area (Å²) in [6.45, 7) is 0. The highest BCUT2D eigenvalue weighted by atomic mass is 16.1. The van der Waals surface area contributed by atoms with Gasteiger partial charge in [-0.05, 0) is 11.8 Å². The van der Waals surface area contributed by atoms with Crippen molar-refractivity contribution in [2.45, 2.75) is 6.42 Å². The van der Waals surface area contributed by atoms with Gasteiger partial charge in [0.15, 0.2) is 0 Å². The van der Waals surface area contributed by atoms with E-state index in [1.165, 1.54) is 0 Å². The topological polar surface area (TPSA) is 34.1 Å². The van der Waals surface area contributed by atoms with Gasteiger partial charge in [0.2, 0.25) is 11.6 Å². The van der Waals surface area contributed by atoms with E-state index in [9.17, 15) is 9.59 Å². The third-order valence-corrected chi connectivity index (χ3v) is 0.643. The molecule has 0 aromatic carbocycles. The SMILES string of the molecule is C#CC(=O)CC(=O)C#C. The van der Waals surface area contributed by atoms with Crippen LogP contribution in [0.2, 0.25) is 0 Å². The number of terminal acetylenes is 2. The zero-order valence-corrected chi connectivity index (χ0v) is 4.68. The fourth-order valence-corrected chi connectivity index (χ4v) is 0.248. The Balaban J connectivity index is 3.82. The zero-order chi connectivity index (χ0) is 7.28. The Bertz CT molecular complexity index is 188. The Morgan fingerprint density at radius 2 is 1.44 bits per heavy atom. The highest BCUT2D eigenvalue weighted by Gasteiger charge is 2.01. The first kappa shape index (κ1) is 7.46. The summed E-state index contributed by atoms with van der Waals surface area (Å²) in [6.07, 6.45) is 8.97. The van der Waals surface area contributed by atoms with Crippen LogP contribution in [-0.2, 0) is 9.59 Å². The summed E-state index contributed by atoms with van der Waals surface area (Å²) in [4.78, 5) is 20.5. The molecule has 0 aromatic heterocycles. The van der Waals surface area contributed by atoms with Gasteiger partial charge in [-0.1, -0.05) is 0 Å². The number of hydrogen-bond acceptors (Lipinski definition) is 2. The summed E-state index contributed by atoms with van der Waals surface area (Å²) in [5.74, 6) is 2.41. The summed E-state index contributed by atoms with van der Waals surface area (Å²) in [5, 5.41) is 0. The molecule has 44 valence electrons. The second-order valence-corrected chi connectivity index (χ2v) is 1.31. The van der Waals surface area contributed by atoms with Gasteiger partial charge in [0.1, 0.15) is 0 Å². The van der Waals surface area contributed by atoms with Gasteiger partial charge in [0, 0.05) is 0 Å². The molecule has 9 heavy (non-hydrogen) atoms. The van der Waals surface area contributed by atoms with Gasteiger partial charge in [-0.25, -0.2) is 0 Å². The van der Waals surface area contributed by atoms with Gasteiger partial charge in [-0.15, -0.1) is 12.8 Å². The van der Waals surface area contributed by atoms with E-state index in [1.54, 1.807) is 11.8 Å². The second kappa shape index (κ2) is 3.46. The van der Waals surface area contributed by atoms with E-state index in [2.05, 4.69) is 12.8 Å². The van der Waals surface area contributed by atoms with E-state index >= 15 is 0 Å². The van der Waals surface area contributed by atoms with E-state index in [1.807, 2.05) is 0 Å². The maximum atomic E-state index is 10.2. The van der Waals surface area contributed by atoms with E-state index in [0.29, 0.717) is 0 Å². The molecule has 0 atom stereocenters. The lowest BCUT2D eigenvalue weighted by Crippen LogP contribution is -2.01. The molecule has 0 aliphatic rings. The molecule has 0 radical (unpaired) electrons. The predicted molar refractivity (Wildman–Crippen MR) is 32.3 cm³/mol. The van der Waals surface area contributed by atoms with Crippen LogP contribution in [0.3, 0.4) is 0 Å². The summed E-state index contributed by atoms with van der Waals surface area (Å²) in [6, 6.07) is 0. The number of Topliss-reactive ketones (excluding diaryl/α,β-unsaturated/α-hetero) is 2. The molecular weight excluding hydrogens is 116 g/mol. The average Bonchev–Trinajstić information content (AvgIpc) is 1.87. The minimum atomic E-state index is -0.571. The molecule has 0 fully saturated rings. The van der Waals surface area contributed by atoms with Crippen LogP contribution in [0.1, 0.15) is 6.42 Å². The zero-order valence-electron chi connectivity index (χ0n) is 4.68. The Hall–Kier alpha value is -1.54. The predicted octanol–water partition coefficient (Wildman–Crippen LogP) is -0.219.